The number of rotatable bonds is 5. The van der Waals surface area contributed by atoms with E-state index in [1.165, 1.54) is 0 Å². The minimum Gasteiger partial charge on any atom is -0.391 e. The Kier molecular flexibility index (Phi) is 5.90. The van der Waals surface area contributed by atoms with Crippen LogP contribution in [0.3, 0.4) is 0 Å². The predicted octanol–water partition coefficient (Wildman–Crippen LogP) is 1.25. The quantitative estimate of drug-likeness (QED) is 0.764. The number of benzene rings is 1. The largest absolute Gasteiger partial charge is 0.391 e. The maximum Gasteiger partial charge on any atom is 0.251 e. The van der Waals surface area contributed by atoms with Crippen molar-refractivity contribution < 1.29 is 14.7 Å². The number of carbonyl (C=O) groups is 2. The molecule has 0 aliphatic rings. The minimum absolute atomic E-state index is 0.107. The Hall–Kier alpha value is -1.88. The predicted molar refractivity (Wildman–Crippen MR) is 82.0 cm³/mol. The van der Waals surface area contributed by atoms with Gasteiger partial charge in [-0.3, -0.25) is 9.59 Å². The molecule has 2 amide bonds. The van der Waals surface area contributed by atoms with Crippen molar-refractivity contribution in [2.24, 2.45) is 5.41 Å². The lowest BCUT2D eigenvalue weighted by Crippen LogP contribution is -2.43. The van der Waals surface area contributed by atoms with E-state index in [-0.39, 0.29) is 30.3 Å². The second-order valence-electron chi connectivity index (χ2n) is 6.18. The Morgan fingerprint density at radius 1 is 1.19 bits per heavy atom. The van der Waals surface area contributed by atoms with E-state index < -0.39 is 6.10 Å². The summed E-state index contributed by atoms with van der Waals surface area (Å²) in [5.41, 5.74) is 1.12. The smallest absolute Gasteiger partial charge is 0.251 e. The molecule has 0 saturated carbocycles. The monoisotopic (exact) mass is 292 g/mol. The molecule has 0 aromatic heterocycles. The molecule has 0 fully saturated rings. The van der Waals surface area contributed by atoms with Crippen LogP contribution in [0, 0.1) is 12.3 Å². The zero-order chi connectivity index (χ0) is 16.0. The first kappa shape index (κ1) is 17.2. The summed E-state index contributed by atoms with van der Waals surface area (Å²) in [7, 11) is 0. The molecule has 5 heteroatoms. The number of aliphatic hydroxyl groups is 1. The Morgan fingerprint density at radius 2 is 1.81 bits per heavy atom. The molecule has 0 radical (unpaired) electrons. The van der Waals surface area contributed by atoms with E-state index in [2.05, 4.69) is 10.6 Å². The van der Waals surface area contributed by atoms with Crippen LogP contribution >= 0.6 is 0 Å². The molecule has 1 atom stereocenters. The lowest BCUT2D eigenvalue weighted by molar-refractivity contribution is -0.120. The molecule has 0 heterocycles. The summed E-state index contributed by atoms with van der Waals surface area (Å²) in [4.78, 5) is 23.6. The first-order chi connectivity index (χ1) is 9.71. The summed E-state index contributed by atoms with van der Waals surface area (Å²) in [5, 5.41) is 15.0. The van der Waals surface area contributed by atoms with Gasteiger partial charge in [0.2, 0.25) is 5.91 Å². The van der Waals surface area contributed by atoms with Gasteiger partial charge < -0.3 is 15.7 Å². The standard InChI is InChI=1S/C16H24N2O3/c1-11-7-5-6-8-12(11)15(21)18-10-14(20)17-9-13(19)16(2,3)4/h5-8,13,19H,9-10H2,1-4H3,(H,17,20)(H,18,21). The number of nitrogens with one attached hydrogen (secondary N) is 2. The molecule has 21 heavy (non-hydrogen) atoms. The first-order valence-corrected chi connectivity index (χ1v) is 7.00. The second-order valence-corrected chi connectivity index (χ2v) is 6.18. The summed E-state index contributed by atoms with van der Waals surface area (Å²) >= 11 is 0. The summed E-state index contributed by atoms with van der Waals surface area (Å²) in [5.74, 6) is -0.597. The molecular weight excluding hydrogens is 268 g/mol. The number of hydrogen-bond donors (Lipinski definition) is 3. The molecule has 0 saturated heterocycles. The first-order valence-electron chi connectivity index (χ1n) is 7.00. The summed E-state index contributed by atoms with van der Waals surface area (Å²) in [6, 6.07) is 7.19. The topological polar surface area (TPSA) is 78.4 Å². The normalized spacial score (nSPS) is 12.6. The van der Waals surface area contributed by atoms with Gasteiger partial charge in [-0.25, -0.2) is 0 Å². The average molecular weight is 292 g/mol. The van der Waals surface area contributed by atoms with E-state index in [9.17, 15) is 14.7 Å². The van der Waals surface area contributed by atoms with Gasteiger partial charge in [-0.2, -0.15) is 0 Å². The third kappa shape index (κ3) is 5.55. The van der Waals surface area contributed by atoms with Crippen molar-refractivity contribution in [1.82, 2.24) is 10.6 Å². The highest BCUT2D eigenvalue weighted by Gasteiger charge is 2.22. The highest BCUT2D eigenvalue weighted by atomic mass is 16.3. The molecule has 1 unspecified atom stereocenters. The molecule has 3 N–H and O–H groups in total. The van der Waals surface area contributed by atoms with Crippen molar-refractivity contribution in [3.63, 3.8) is 0 Å². The van der Waals surface area contributed by atoms with Crippen molar-refractivity contribution in [2.75, 3.05) is 13.1 Å². The average Bonchev–Trinajstić information content (AvgIpc) is 2.41. The molecule has 1 rings (SSSR count). The summed E-state index contributed by atoms with van der Waals surface area (Å²) in [6.45, 7) is 7.58. The number of aryl methyl sites for hydroxylation is 1. The van der Waals surface area contributed by atoms with E-state index in [1.807, 2.05) is 39.8 Å². The van der Waals surface area contributed by atoms with E-state index in [4.69, 9.17) is 0 Å². The lowest BCUT2D eigenvalue weighted by atomic mass is 9.89. The van der Waals surface area contributed by atoms with Crippen LogP contribution in [0.15, 0.2) is 24.3 Å². The third-order valence-electron chi connectivity index (χ3n) is 3.29. The number of hydrogen-bond acceptors (Lipinski definition) is 3. The summed E-state index contributed by atoms with van der Waals surface area (Å²) < 4.78 is 0. The van der Waals surface area contributed by atoms with E-state index in [0.717, 1.165) is 5.56 Å². The van der Waals surface area contributed by atoms with Gasteiger partial charge >= 0.3 is 0 Å². The zero-order valence-electron chi connectivity index (χ0n) is 13.1. The van der Waals surface area contributed by atoms with Crippen molar-refractivity contribution in [3.8, 4) is 0 Å². The molecule has 1 aromatic carbocycles. The summed E-state index contributed by atoms with van der Waals surface area (Å²) in [6.07, 6.45) is -0.631. The van der Waals surface area contributed by atoms with Gasteiger partial charge in [-0.05, 0) is 24.0 Å². The van der Waals surface area contributed by atoms with Crippen molar-refractivity contribution in [1.29, 1.82) is 0 Å². The Balaban J connectivity index is 2.40. The molecule has 0 spiro atoms. The third-order valence-corrected chi connectivity index (χ3v) is 3.29. The molecule has 116 valence electrons. The fourth-order valence-electron chi connectivity index (χ4n) is 1.66. The number of aliphatic hydroxyl groups excluding tert-OH is 1. The molecule has 1 aromatic rings. The fourth-order valence-corrected chi connectivity index (χ4v) is 1.66. The fraction of sp³-hybridized carbons (Fsp3) is 0.500. The van der Waals surface area contributed by atoms with Gasteiger partial charge in [0.25, 0.3) is 5.91 Å². The van der Waals surface area contributed by atoms with Crippen LogP contribution in [-0.4, -0.2) is 36.1 Å². The highest BCUT2D eigenvalue weighted by Crippen LogP contribution is 2.17. The SMILES string of the molecule is Cc1ccccc1C(=O)NCC(=O)NCC(O)C(C)(C)C. The lowest BCUT2D eigenvalue weighted by Gasteiger charge is -2.25. The molecule has 0 aliphatic carbocycles. The van der Waals surface area contributed by atoms with Gasteiger partial charge in [0.05, 0.1) is 12.6 Å². The van der Waals surface area contributed by atoms with Crippen LogP contribution in [-0.2, 0) is 4.79 Å². The van der Waals surface area contributed by atoms with E-state index >= 15 is 0 Å². The minimum atomic E-state index is -0.631. The molecule has 5 nitrogen and oxygen atoms in total. The van der Waals surface area contributed by atoms with Crippen molar-refractivity contribution >= 4 is 11.8 Å². The van der Waals surface area contributed by atoms with Gasteiger partial charge in [-0.15, -0.1) is 0 Å². The highest BCUT2D eigenvalue weighted by molar-refractivity contribution is 5.97. The second kappa shape index (κ2) is 7.22. The maximum atomic E-state index is 11.9. The van der Waals surface area contributed by atoms with E-state index in [0.29, 0.717) is 5.56 Å². The van der Waals surface area contributed by atoms with Crippen LogP contribution in [0.5, 0.6) is 0 Å². The Bertz CT molecular complexity index is 506. The van der Waals surface area contributed by atoms with Gasteiger partial charge in [0, 0.05) is 12.1 Å². The molecule has 0 bridgehead atoms. The van der Waals surface area contributed by atoms with Gasteiger partial charge in [0.1, 0.15) is 0 Å². The zero-order valence-corrected chi connectivity index (χ0v) is 13.1. The molecule has 0 aliphatic heterocycles. The van der Waals surface area contributed by atoms with Crippen molar-refractivity contribution in [2.45, 2.75) is 33.8 Å². The van der Waals surface area contributed by atoms with Crippen LogP contribution in [0.2, 0.25) is 0 Å². The van der Waals surface area contributed by atoms with E-state index in [1.54, 1.807) is 12.1 Å². The molecular formula is C16H24N2O3. The van der Waals surface area contributed by atoms with Crippen LogP contribution in [0.1, 0.15) is 36.7 Å². The van der Waals surface area contributed by atoms with Crippen LogP contribution in [0.4, 0.5) is 0 Å². The van der Waals surface area contributed by atoms with Crippen molar-refractivity contribution in [3.05, 3.63) is 35.4 Å². The van der Waals surface area contributed by atoms with Crippen LogP contribution < -0.4 is 10.6 Å². The Morgan fingerprint density at radius 3 is 2.38 bits per heavy atom. The number of amides is 2. The van der Waals surface area contributed by atoms with Gasteiger partial charge in [0.15, 0.2) is 0 Å². The Labute approximate surface area is 125 Å². The van der Waals surface area contributed by atoms with Gasteiger partial charge in [-0.1, -0.05) is 39.0 Å². The van der Waals surface area contributed by atoms with Crippen LogP contribution in [0.25, 0.3) is 0 Å². The maximum absolute atomic E-state index is 11.9. The number of carbonyl (C=O) groups excluding carboxylic acids is 2.